The molecule has 0 fully saturated rings. The molecule has 0 aliphatic rings. The van der Waals surface area contributed by atoms with Crippen molar-refractivity contribution in [3.63, 3.8) is 0 Å². The molecule has 0 radical (unpaired) electrons. The Morgan fingerprint density at radius 1 is 0.875 bits per heavy atom. The largest absolute Gasteiger partial charge is 0.489 e. The second-order valence-electron chi connectivity index (χ2n) is 7.74. The van der Waals surface area contributed by atoms with Crippen molar-refractivity contribution in [2.45, 2.75) is 58.5 Å². The predicted octanol–water partition coefficient (Wildman–Crippen LogP) is 6.42. The Morgan fingerprint density at radius 3 is 1.88 bits per heavy atom. The molecule has 0 saturated heterocycles. The normalized spacial score (nSPS) is 14.0. The van der Waals surface area contributed by atoms with Gasteiger partial charge in [0.25, 0.3) is 0 Å². The van der Waals surface area contributed by atoms with Gasteiger partial charge in [0.2, 0.25) is 0 Å². The fraction of sp³-hybridized carbons (Fsp3) is 0.391. The van der Waals surface area contributed by atoms with Crippen LogP contribution in [0.5, 0.6) is 5.75 Å². The molecule has 0 aliphatic carbocycles. The summed E-state index contributed by atoms with van der Waals surface area (Å²) in [4.78, 5) is 0. The fourth-order valence-electron chi connectivity index (χ4n) is 2.67. The molecule has 0 bridgehead atoms. The van der Waals surface area contributed by atoms with Gasteiger partial charge in [0, 0.05) is 5.41 Å². The van der Waals surface area contributed by atoms with E-state index in [-0.39, 0.29) is 10.8 Å². The van der Waals surface area contributed by atoms with Crippen LogP contribution in [-0.2, 0) is 17.4 Å². The Kier molecular flexibility index (Phi) is 5.54. The van der Waals surface area contributed by atoms with E-state index in [1.165, 1.54) is 16.7 Å². The van der Waals surface area contributed by atoms with Gasteiger partial charge in [-0.2, -0.15) is 0 Å². The topological polar surface area (TPSA) is 9.23 Å². The average Bonchev–Trinajstić information content (AvgIpc) is 2.59. The lowest BCUT2D eigenvalue weighted by atomic mass is 9.80. The maximum absolute atomic E-state index is 5.93. The lowest BCUT2D eigenvalue weighted by Gasteiger charge is -2.24. The summed E-state index contributed by atoms with van der Waals surface area (Å²) < 4.78 is 5.93. The molecular weight excluding hydrogens is 292 g/mol. The van der Waals surface area contributed by atoms with Crippen LogP contribution in [0.3, 0.4) is 0 Å². The third-order valence-electron chi connectivity index (χ3n) is 4.92. The van der Waals surface area contributed by atoms with Gasteiger partial charge in [-0.05, 0) is 40.7 Å². The van der Waals surface area contributed by atoms with Crippen molar-refractivity contribution in [3.8, 4) is 5.75 Å². The smallest absolute Gasteiger partial charge is 0.119 e. The SMILES string of the molecule is C=CC(C)(CC)c1ccc(OCc2ccc(C(C)(C)C)cc2)cc1. The maximum atomic E-state index is 5.93. The van der Waals surface area contributed by atoms with Crippen molar-refractivity contribution < 1.29 is 4.74 Å². The Morgan fingerprint density at radius 2 is 1.42 bits per heavy atom. The van der Waals surface area contributed by atoms with E-state index in [1.807, 2.05) is 6.08 Å². The van der Waals surface area contributed by atoms with Gasteiger partial charge in [0.15, 0.2) is 0 Å². The summed E-state index contributed by atoms with van der Waals surface area (Å²) in [6.45, 7) is 15.7. The van der Waals surface area contributed by atoms with Crippen LogP contribution in [0.2, 0.25) is 0 Å². The lowest BCUT2D eigenvalue weighted by Crippen LogP contribution is -2.16. The molecular formula is C23H30O. The summed E-state index contributed by atoms with van der Waals surface area (Å²) in [6.07, 6.45) is 3.07. The van der Waals surface area contributed by atoms with E-state index >= 15 is 0 Å². The average molecular weight is 322 g/mol. The van der Waals surface area contributed by atoms with Crippen LogP contribution >= 0.6 is 0 Å². The standard InChI is InChI=1S/C23H30O/c1-7-23(6,8-2)20-13-15-21(16-14-20)24-17-18-9-11-19(12-10-18)22(3,4)5/h7,9-16H,1,8,17H2,2-6H3. The minimum absolute atomic E-state index is 0.0291. The summed E-state index contributed by atoms with van der Waals surface area (Å²) in [5, 5.41) is 0. The first-order valence-corrected chi connectivity index (χ1v) is 8.75. The Labute approximate surface area is 147 Å². The first-order chi connectivity index (χ1) is 11.3. The van der Waals surface area contributed by atoms with Gasteiger partial charge in [0.1, 0.15) is 12.4 Å². The summed E-state index contributed by atoms with van der Waals surface area (Å²) in [6, 6.07) is 17.1. The van der Waals surface area contributed by atoms with E-state index < -0.39 is 0 Å². The van der Waals surface area contributed by atoms with E-state index in [1.54, 1.807) is 0 Å². The van der Waals surface area contributed by atoms with Crippen LogP contribution in [0.25, 0.3) is 0 Å². The third-order valence-corrected chi connectivity index (χ3v) is 4.92. The maximum Gasteiger partial charge on any atom is 0.119 e. The monoisotopic (exact) mass is 322 g/mol. The van der Waals surface area contributed by atoms with Crippen LogP contribution in [0, 0.1) is 0 Å². The highest BCUT2D eigenvalue weighted by Crippen LogP contribution is 2.30. The Bertz CT molecular complexity index is 659. The second-order valence-corrected chi connectivity index (χ2v) is 7.74. The van der Waals surface area contributed by atoms with Gasteiger partial charge >= 0.3 is 0 Å². The number of ether oxygens (including phenoxy) is 1. The van der Waals surface area contributed by atoms with Gasteiger partial charge in [-0.3, -0.25) is 0 Å². The van der Waals surface area contributed by atoms with Gasteiger partial charge < -0.3 is 4.74 Å². The molecule has 0 amide bonds. The van der Waals surface area contributed by atoms with E-state index in [4.69, 9.17) is 4.74 Å². The fourth-order valence-corrected chi connectivity index (χ4v) is 2.67. The molecule has 1 atom stereocenters. The molecule has 1 unspecified atom stereocenters. The Hall–Kier alpha value is -2.02. The highest BCUT2D eigenvalue weighted by Gasteiger charge is 2.20. The van der Waals surface area contributed by atoms with E-state index in [9.17, 15) is 0 Å². The molecule has 0 aliphatic heterocycles. The molecule has 0 spiro atoms. The molecule has 128 valence electrons. The van der Waals surface area contributed by atoms with Crippen LogP contribution in [0.15, 0.2) is 61.2 Å². The number of benzene rings is 2. The van der Waals surface area contributed by atoms with Crippen molar-refractivity contribution in [1.29, 1.82) is 0 Å². The van der Waals surface area contributed by atoms with E-state index in [0.717, 1.165) is 12.2 Å². The summed E-state index contributed by atoms with van der Waals surface area (Å²) in [7, 11) is 0. The molecule has 2 rings (SSSR count). The molecule has 0 N–H and O–H groups in total. The number of hydrogen-bond donors (Lipinski definition) is 0. The molecule has 0 saturated carbocycles. The lowest BCUT2D eigenvalue weighted by molar-refractivity contribution is 0.306. The van der Waals surface area contributed by atoms with Gasteiger partial charge in [-0.15, -0.1) is 6.58 Å². The second kappa shape index (κ2) is 7.25. The first-order valence-electron chi connectivity index (χ1n) is 8.75. The minimum Gasteiger partial charge on any atom is -0.489 e. The van der Waals surface area contributed by atoms with Crippen LogP contribution in [0.4, 0.5) is 0 Å². The van der Waals surface area contributed by atoms with Crippen LogP contribution in [-0.4, -0.2) is 0 Å². The van der Waals surface area contributed by atoms with Crippen molar-refractivity contribution in [2.75, 3.05) is 0 Å². The zero-order valence-corrected chi connectivity index (χ0v) is 15.7. The summed E-state index contributed by atoms with van der Waals surface area (Å²) >= 11 is 0. The molecule has 1 nitrogen and oxygen atoms in total. The van der Waals surface area contributed by atoms with Crippen LogP contribution in [0.1, 0.15) is 57.7 Å². The zero-order valence-electron chi connectivity index (χ0n) is 15.7. The quantitative estimate of drug-likeness (QED) is 0.558. The number of hydrogen-bond acceptors (Lipinski definition) is 1. The molecule has 2 aromatic rings. The van der Waals surface area contributed by atoms with Crippen molar-refractivity contribution in [1.82, 2.24) is 0 Å². The summed E-state index contributed by atoms with van der Waals surface area (Å²) in [5.41, 5.74) is 4.03. The highest BCUT2D eigenvalue weighted by molar-refractivity contribution is 5.35. The molecule has 24 heavy (non-hydrogen) atoms. The molecule has 1 heteroatoms. The van der Waals surface area contributed by atoms with Crippen molar-refractivity contribution in [2.24, 2.45) is 0 Å². The number of rotatable bonds is 6. The van der Waals surface area contributed by atoms with E-state index in [0.29, 0.717) is 6.61 Å². The number of allylic oxidation sites excluding steroid dienone is 1. The van der Waals surface area contributed by atoms with Gasteiger partial charge in [-0.25, -0.2) is 0 Å². The molecule has 2 aromatic carbocycles. The minimum atomic E-state index is 0.0291. The first kappa shape index (κ1) is 18.3. The van der Waals surface area contributed by atoms with Crippen molar-refractivity contribution >= 4 is 0 Å². The van der Waals surface area contributed by atoms with Crippen molar-refractivity contribution in [3.05, 3.63) is 77.9 Å². The Balaban J connectivity index is 2.01. The molecule has 0 aromatic heterocycles. The highest BCUT2D eigenvalue weighted by atomic mass is 16.5. The summed E-state index contributed by atoms with van der Waals surface area (Å²) in [5.74, 6) is 0.904. The van der Waals surface area contributed by atoms with Gasteiger partial charge in [-0.1, -0.05) is 77.1 Å². The van der Waals surface area contributed by atoms with Crippen LogP contribution < -0.4 is 4.74 Å². The molecule has 0 heterocycles. The predicted molar refractivity (Wildman–Crippen MR) is 104 cm³/mol. The van der Waals surface area contributed by atoms with E-state index in [2.05, 4.69) is 89.7 Å². The van der Waals surface area contributed by atoms with Gasteiger partial charge in [0.05, 0.1) is 0 Å². The third kappa shape index (κ3) is 4.29. The zero-order chi connectivity index (χ0) is 17.8.